The number of alkyl halides is 7. The quantitative estimate of drug-likeness (QED) is 0.512. The van der Waals surface area contributed by atoms with E-state index in [0.29, 0.717) is 0 Å². The van der Waals surface area contributed by atoms with Gasteiger partial charge in [-0.1, -0.05) is 0 Å². The molecule has 0 aromatic rings. The van der Waals surface area contributed by atoms with E-state index in [4.69, 9.17) is 0 Å². The number of rotatable bonds is 7. The maximum Gasteiger partial charge on any atom is 0.460 e. The number of carboxylic acids is 1. The van der Waals surface area contributed by atoms with Gasteiger partial charge in [-0.05, 0) is 6.92 Å². The van der Waals surface area contributed by atoms with E-state index in [1.54, 1.807) is 0 Å². The van der Waals surface area contributed by atoms with Crippen LogP contribution in [-0.4, -0.2) is 48.5 Å². The van der Waals surface area contributed by atoms with E-state index >= 15 is 0 Å². The molecule has 0 unspecified atom stereocenters. The van der Waals surface area contributed by atoms with Gasteiger partial charge in [0, 0.05) is 12.4 Å². The first kappa shape index (κ1) is 20.9. The molecule has 13 heteroatoms. The highest BCUT2D eigenvalue weighted by Crippen LogP contribution is 2.46. The minimum atomic E-state index is -6.76. The normalized spacial score (nSPS) is 14.1. The minimum Gasteiger partial charge on any atom is -0.550 e. The first-order valence-corrected chi connectivity index (χ1v) is 5.68. The van der Waals surface area contributed by atoms with E-state index in [9.17, 15) is 50.2 Å². The highest BCUT2D eigenvalue weighted by atomic mass is 19.4. The predicted octanol–water partition coefficient (Wildman–Crippen LogP) is 0.00720. The molecule has 0 aliphatic carbocycles. The zero-order valence-electron chi connectivity index (χ0n) is 11.2. The summed E-state index contributed by atoms with van der Waals surface area (Å²) in [5.41, 5.74) is 0. The fourth-order valence-electron chi connectivity index (χ4n) is 1.17. The van der Waals surface area contributed by atoms with Crippen molar-refractivity contribution in [3.63, 3.8) is 0 Å². The molecule has 0 saturated heterocycles. The molecule has 0 spiro atoms. The van der Waals surface area contributed by atoms with E-state index in [2.05, 4.69) is 4.74 Å². The van der Waals surface area contributed by atoms with Gasteiger partial charge in [0.15, 0.2) is 0 Å². The lowest BCUT2D eigenvalue weighted by Crippen LogP contribution is -2.61. The Morgan fingerprint density at radius 2 is 1.57 bits per heavy atom. The molecule has 0 aromatic carbocycles. The summed E-state index contributed by atoms with van der Waals surface area (Å²) < 4.78 is 91.3. The molecule has 0 aromatic heterocycles. The van der Waals surface area contributed by atoms with Crippen molar-refractivity contribution in [1.82, 2.24) is 5.32 Å². The first-order valence-electron chi connectivity index (χ1n) is 5.68. The average molecular weight is 356 g/mol. The lowest BCUT2D eigenvalue weighted by atomic mass is 10.1. The Kier molecular flexibility index (Phi) is 6.37. The molecule has 1 N–H and O–H groups in total. The van der Waals surface area contributed by atoms with Crippen LogP contribution in [0.25, 0.3) is 0 Å². The monoisotopic (exact) mass is 356 g/mol. The van der Waals surface area contributed by atoms with E-state index in [-0.39, 0.29) is 0 Å². The van der Waals surface area contributed by atoms with Gasteiger partial charge in [0.1, 0.15) is 6.04 Å². The number of amides is 1. The van der Waals surface area contributed by atoms with Crippen LogP contribution in [0.2, 0.25) is 0 Å². The Morgan fingerprint density at radius 3 is 1.91 bits per heavy atom. The van der Waals surface area contributed by atoms with Crippen molar-refractivity contribution in [2.24, 2.45) is 0 Å². The van der Waals surface area contributed by atoms with Crippen LogP contribution >= 0.6 is 0 Å². The van der Waals surface area contributed by atoms with E-state index in [1.165, 1.54) is 6.92 Å². The van der Waals surface area contributed by atoms with Crippen molar-refractivity contribution in [1.29, 1.82) is 0 Å². The number of carboxylic acid groups (broad SMARTS) is 1. The third-order valence-corrected chi connectivity index (χ3v) is 2.28. The van der Waals surface area contributed by atoms with Crippen molar-refractivity contribution in [2.75, 3.05) is 6.61 Å². The summed E-state index contributed by atoms with van der Waals surface area (Å²) >= 11 is 0. The molecule has 0 saturated carbocycles. The Bertz CT molecular complexity index is 477. The second kappa shape index (κ2) is 7.00. The molecular formula is C10H9F7NO5-. The molecule has 1 atom stereocenters. The molecule has 0 radical (unpaired) electrons. The largest absolute Gasteiger partial charge is 0.550 e. The van der Waals surface area contributed by atoms with Crippen LogP contribution in [0.15, 0.2) is 0 Å². The molecule has 1 amide bonds. The summed E-state index contributed by atoms with van der Waals surface area (Å²) in [5.74, 6) is -19.9. The Hall–Kier alpha value is -2.08. The van der Waals surface area contributed by atoms with E-state index in [0.717, 1.165) is 5.32 Å². The molecule has 0 bridgehead atoms. The molecule has 23 heavy (non-hydrogen) atoms. The Balaban J connectivity index is 5.39. The van der Waals surface area contributed by atoms with Gasteiger partial charge >= 0.3 is 24.0 Å². The summed E-state index contributed by atoms with van der Waals surface area (Å²) in [6, 6.07) is -2.43. The van der Waals surface area contributed by atoms with Gasteiger partial charge in [0.2, 0.25) is 0 Å². The molecule has 6 nitrogen and oxygen atoms in total. The Labute approximate surface area is 123 Å². The van der Waals surface area contributed by atoms with Crippen LogP contribution in [0.5, 0.6) is 0 Å². The fraction of sp³-hybridized carbons (Fsp3) is 0.700. The number of halogens is 7. The average Bonchev–Trinajstić information content (AvgIpc) is 2.35. The van der Waals surface area contributed by atoms with Gasteiger partial charge in [-0.15, -0.1) is 0 Å². The van der Waals surface area contributed by atoms with Crippen molar-refractivity contribution < 1.29 is 55.0 Å². The van der Waals surface area contributed by atoms with Gasteiger partial charge in [0.05, 0.1) is 6.61 Å². The minimum absolute atomic E-state index is 0.409. The maximum absolute atomic E-state index is 13.0. The van der Waals surface area contributed by atoms with Crippen molar-refractivity contribution in [3.05, 3.63) is 0 Å². The predicted molar refractivity (Wildman–Crippen MR) is 54.1 cm³/mol. The number of carbonyl (C=O) groups excluding carboxylic acids is 3. The first-order chi connectivity index (χ1) is 10.2. The van der Waals surface area contributed by atoms with Crippen LogP contribution in [0.3, 0.4) is 0 Å². The summed E-state index contributed by atoms with van der Waals surface area (Å²) in [4.78, 5) is 32.5. The third-order valence-electron chi connectivity index (χ3n) is 2.28. The second-order valence-electron chi connectivity index (χ2n) is 4.00. The summed E-state index contributed by atoms with van der Waals surface area (Å²) in [7, 11) is 0. The molecule has 0 heterocycles. The summed E-state index contributed by atoms with van der Waals surface area (Å²) in [5, 5.41) is 11.1. The van der Waals surface area contributed by atoms with Gasteiger partial charge < -0.3 is 20.0 Å². The van der Waals surface area contributed by atoms with E-state index in [1.807, 2.05) is 0 Å². The van der Waals surface area contributed by atoms with Crippen molar-refractivity contribution >= 4 is 17.8 Å². The number of nitrogens with one attached hydrogen (secondary N) is 1. The number of ether oxygens (including phenoxy) is 1. The number of carbonyl (C=O) groups is 3. The molecule has 0 aliphatic heterocycles. The van der Waals surface area contributed by atoms with Gasteiger partial charge in [0.25, 0.3) is 5.91 Å². The molecule has 0 rings (SSSR count). The highest BCUT2D eigenvalue weighted by Gasteiger charge is 2.76. The topological polar surface area (TPSA) is 95.5 Å². The van der Waals surface area contributed by atoms with E-state index < -0.39 is 54.9 Å². The molecule has 0 fully saturated rings. The molecular weight excluding hydrogens is 347 g/mol. The van der Waals surface area contributed by atoms with Crippen LogP contribution in [0.4, 0.5) is 30.7 Å². The van der Waals surface area contributed by atoms with Gasteiger partial charge in [-0.2, -0.15) is 30.7 Å². The number of hydrogen-bond acceptors (Lipinski definition) is 5. The third kappa shape index (κ3) is 4.69. The number of hydrogen-bond donors (Lipinski definition) is 1. The van der Waals surface area contributed by atoms with Crippen LogP contribution in [0, 0.1) is 0 Å². The smallest absolute Gasteiger partial charge is 0.460 e. The number of esters is 1. The fourth-order valence-corrected chi connectivity index (χ4v) is 1.17. The summed E-state index contributed by atoms with van der Waals surface area (Å²) in [6.45, 7) is 0.787. The zero-order valence-corrected chi connectivity index (χ0v) is 11.2. The van der Waals surface area contributed by atoms with Crippen LogP contribution < -0.4 is 10.4 Å². The lowest BCUT2D eigenvalue weighted by molar-refractivity contribution is -0.344. The molecule has 0 aliphatic rings. The van der Waals surface area contributed by atoms with Gasteiger partial charge in [-0.3, -0.25) is 4.79 Å². The van der Waals surface area contributed by atoms with Crippen LogP contribution in [-0.2, 0) is 19.1 Å². The van der Waals surface area contributed by atoms with Crippen molar-refractivity contribution in [3.8, 4) is 0 Å². The second-order valence-corrected chi connectivity index (χ2v) is 4.00. The molecule has 134 valence electrons. The number of aliphatic carboxylic acids is 1. The standard InChI is InChI=1S/C10H10F7NO5/c1-2-23-6(21)4(3-5(19)20)18-7(22)8(11,12)9(13,14)10(15,16)17/h4H,2-3H2,1H3,(H,18,22)(H,19,20)/p-1/t4-/m0/s1. The summed E-state index contributed by atoms with van der Waals surface area (Å²) in [6.07, 6.45) is -8.24. The lowest BCUT2D eigenvalue weighted by Gasteiger charge is -2.28. The highest BCUT2D eigenvalue weighted by molar-refractivity contribution is 5.91. The Morgan fingerprint density at radius 1 is 1.09 bits per heavy atom. The van der Waals surface area contributed by atoms with Crippen LogP contribution in [0.1, 0.15) is 13.3 Å². The maximum atomic E-state index is 13.0. The van der Waals surface area contributed by atoms with Gasteiger partial charge in [-0.25, -0.2) is 4.79 Å². The zero-order chi connectivity index (χ0) is 18.6. The SMILES string of the molecule is CCOC(=O)[C@H](CC(=O)[O-])NC(=O)C(F)(F)C(F)(F)C(F)(F)F. The van der Waals surface area contributed by atoms with Crippen molar-refractivity contribution in [2.45, 2.75) is 37.4 Å².